The highest BCUT2D eigenvalue weighted by molar-refractivity contribution is 7.17. The first kappa shape index (κ1) is 17.1. The molecule has 0 aliphatic rings. The topological polar surface area (TPSA) is 70.4 Å². The van der Waals surface area contributed by atoms with Gasteiger partial charge in [0.25, 0.3) is 0 Å². The largest absolute Gasteiger partial charge is 0.508 e. The molecule has 0 saturated heterocycles. The maximum Gasteiger partial charge on any atom is 0.159 e. The van der Waals surface area contributed by atoms with Crippen LogP contribution in [0.1, 0.15) is 12.5 Å². The number of aromatic hydroxyl groups is 1. The Bertz CT molecular complexity index is 1120. The van der Waals surface area contributed by atoms with Crippen LogP contribution in [0.5, 0.6) is 5.75 Å². The van der Waals surface area contributed by atoms with E-state index in [9.17, 15) is 9.50 Å². The van der Waals surface area contributed by atoms with Gasteiger partial charge in [0.2, 0.25) is 0 Å². The van der Waals surface area contributed by atoms with Crippen molar-refractivity contribution in [1.82, 2.24) is 9.97 Å². The van der Waals surface area contributed by atoms with Crippen LogP contribution in [0.15, 0.2) is 65.3 Å². The maximum atomic E-state index is 13.2. The highest BCUT2D eigenvalue weighted by Crippen LogP contribution is 2.36. The molecule has 0 unspecified atom stereocenters. The van der Waals surface area contributed by atoms with Crippen LogP contribution in [0.3, 0.4) is 0 Å². The van der Waals surface area contributed by atoms with E-state index >= 15 is 0 Å². The van der Waals surface area contributed by atoms with Gasteiger partial charge in [-0.2, -0.15) is 5.10 Å². The van der Waals surface area contributed by atoms with E-state index in [4.69, 9.17) is 0 Å². The minimum atomic E-state index is -0.276. The molecule has 7 heteroatoms. The second kappa shape index (κ2) is 7.13. The summed E-state index contributed by atoms with van der Waals surface area (Å²) in [4.78, 5) is 9.47. The van der Waals surface area contributed by atoms with Crippen molar-refractivity contribution in [3.63, 3.8) is 0 Å². The summed E-state index contributed by atoms with van der Waals surface area (Å²) in [7, 11) is 0. The van der Waals surface area contributed by atoms with Gasteiger partial charge in [0.05, 0.1) is 11.1 Å². The molecular formula is C20H15FN4OS. The van der Waals surface area contributed by atoms with Gasteiger partial charge in [0, 0.05) is 10.9 Å². The second-order valence-corrected chi connectivity index (χ2v) is 6.77. The fraction of sp³-hybridized carbons (Fsp3) is 0.0500. The van der Waals surface area contributed by atoms with Crippen LogP contribution in [0, 0.1) is 5.82 Å². The zero-order valence-corrected chi connectivity index (χ0v) is 15.2. The lowest BCUT2D eigenvalue weighted by Gasteiger charge is -2.06. The SMILES string of the molecule is C/C(=N\Nc1ncnc2scc(-c3ccc(F)cc3)c12)c1ccc(O)cc1. The molecule has 2 aromatic carbocycles. The normalized spacial score (nSPS) is 11.7. The molecule has 27 heavy (non-hydrogen) atoms. The summed E-state index contributed by atoms with van der Waals surface area (Å²) in [6.07, 6.45) is 1.49. The Morgan fingerprint density at radius 1 is 1.07 bits per heavy atom. The van der Waals surface area contributed by atoms with Crippen molar-refractivity contribution in [2.45, 2.75) is 6.92 Å². The lowest BCUT2D eigenvalue weighted by Crippen LogP contribution is -2.01. The summed E-state index contributed by atoms with van der Waals surface area (Å²) in [5.74, 6) is 0.514. The minimum Gasteiger partial charge on any atom is -0.508 e. The van der Waals surface area contributed by atoms with Crippen molar-refractivity contribution in [1.29, 1.82) is 0 Å². The number of fused-ring (bicyclic) bond motifs is 1. The third-order valence-electron chi connectivity index (χ3n) is 4.14. The van der Waals surface area contributed by atoms with Gasteiger partial charge < -0.3 is 5.11 Å². The van der Waals surface area contributed by atoms with Crippen LogP contribution in [-0.4, -0.2) is 20.8 Å². The van der Waals surface area contributed by atoms with E-state index in [0.29, 0.717) is 5.82 Å². The molecule has 2 aromatic heterocycles. The van der Waals surface area contributed by atoms with E-state index in [0.717, 1.165) is 32.6 Å². The summed E-state index contributed by atoms with van der Waals surface area (Å²) in [6, 6.07) is 13.1. The summed E-state index contributed by atoms with van der Waals surface area (Å²) in [5, 5.41) is 16.6. The summed E-state index contributed by atoms with van der Waals surface area (Å²) in [5.41, 5.74) is 6.46. The van der Waals surface area contributed by atoms with Crippen molar-refractivity contribution in [3.8, 4) is 16.9 Å². The zero-order valence-electron chi connectivity index (χ0n) is 14.3. The van der Waals surface area contributed by atoms with Crippen LogP contribution < -0.4 is 5.43 Å². The Hall–Kier alpha value is -3.32. The molecule has 4 rings (SSSR count). The molecule has 0 aliphatic carbocycles. The van der Waals surface area contributed by atoms with Gasteiger partial charge in [0.15, 0.2) is 5.82 Å². The number of halogens is 1. The minimum absolute atomic E-state index is 0.208. The fourth-order valence-electron chi connectivity index (χ4n) is 2.71. The molecule has 0 fully saturated rings. The Morgan fingerprint density at radius 3 is 2.56 bits per heavy atom. The number of thiophene rings is 1. The van der Waals surface area contributed by atoms with E-state index in [1.165, 1.54) is 29.8 Å². The lowest BCUT2D eigenvalue weighted by atomic mass is 10.1. The van der Waals surface area contributed by atoms with E-state index in [1.807, 2.05) is 12.3 Å². The number of rotatable bonds is 4. The third kappa shape index (κ3) is 3.50. The average Bonchev–Trinajstić information content (AvgIpc) is 3.12. The number of phenols is 1. The van der Waals surface area contributed by atoms with Crippen LogP contribution in [0.2, 0.25) is 0 Å². The molecule has 0 amide bonds. The van der Waals surface area contributed by atoms with Gasteiger partial charge in [-0.3, -0.25) is 5.43 Å². The predicted molar refractivity (Wildman–Crippen MR) is 107 cm³/mol. The Kier molecular flexibility index (Phi) is 4.52. The van der Waals surface area contributed by atoms with E-state index in [-0.39, 0.29) is 11.6 Å². The number of nitrogens with zero attached hydrogens (tertiary/aromatic N) is 3. The first-order valence-corrected chi connectivity index (χ1v) is 9.07. The summed E-state index contributed by atoms with van der Waals surface area (Å²) in [6.45, 7) is 1.87. The monoisotopic (exact) mass is 378 g/mol. The second-order valence-electron chi connectivity index (χ2n) is 5.91. The lowest BCUT2D eigenvalue weighted by molar-refractivity contribution is 0.475. The number of hydrogen-bond acceptors (Lipinski definition) is 6. The number of benzene rings is 2. The van der Waals surface area contributed by atoms with Crippen LogP contribution in [0.25, 0.3) is 21.3 Å². The number of hydrazone groups is 1. The highest BCUT2D eigenvalue weighted by atomic mass is 32.1. The van der Waals surface area contributed by atoms with Gasteiger partial charge in [0.1, 0.15) is 22.7 Å². The molecule has 0 saturated carbocycles. The van der Waals surface area contributed by atoms with Crippen molar-refractivity contribution >= 4 is 33.1 Å². The molecule has 0 aliphatic heterocycles. The van der Waals surface area contributed by atoms with E-state index < -0.39 is 0 Å². The van der Waals surface area contributed by atoms with Gasteiger partial charge in [-0.1, -0.05) is 12.1 Å². The molecule has 134 valence electrons. The molecule has 2 N–H and O–H groups in total. The Labute approximate surface area is 158 Å². The molecule has 0 spiro atoms. The third-order valence-corrected chi connectivity index (χ3v) is 5.03. The quantitative estimate of drug-likeness (QED) is 0.386. The van der Waals surface area contributed by atoms with Crippen molar-refractivity contribution < 1.29 is 9.50 Å². The van der Waals surface area contributed by atoms with Gasteiger partial charge in [-0.15, -0.1) is 11.3 Å². The molecule has 2 heterocycles. The van der Waals surface area contributed by atoms with Crippen LogP contribution >= 0.6 is 11.3 Å². The van der Waals surface area contributed by atoms with Gasteiger partial charge in [-0.05, 0) is 54.4 Å². The number of nitrogens with one attached hydrogen (secondary N) is 1. The maximum absolute atomic E-state index is 13.2. The zero-order chi connectivity index (χ0) is 18.8. The smallest absolute Gasteiger partial charge is 0.159 e. The Balaban J connectivity index is 1.71. The van der Waals surface area contributed by atoms with E-state index in [2.05, 4.69) is 20.5 Å². The van der Waals surface area contributed by atoms with Crippen molar-refractivity contribution in [3.05, 3.63) is 71.6 Å². The molecule has 4 aromatic rings. The first-order valence-electron chi connectivity index (χ1n) is 8.19. The summed E-state index contributed by atoms with van der Waals surface area (Å²) < 4.78 is 13.2. The van der Waals surface area contributed by atoms with Gasteiger partial charge >= 0.3 is 0 Å². The molecule has 0 bridgehead atoms. The highest BCUT2D eigenvalue weighted by Gasteiger charge is 2.13. The van der Waals surface area contributed by atoms with E-state index in [1.54, 1.807) is 36.4 Å². The molecule has 5 nitrogen and oxygen atoms in total. The van der Waals surface area contributed by atoms with Crippen LogP contribution in [0.4, 0.5) is 10.2 Å². The molecular weight excluding hydrogens is 363 g/mol. The molecule has 0 radical (unpaired) electrons. The average molecular weight is 378 g/mol. The first-order chi connectivity index (χ1) is 13.1. The van der Waals surface area contributed by atoms with Crippen molar-refractivity contribution in [2.75, 3.05) is 5.43 Å². The number of aromatic nitrogens is 2. The Morgan fingerprint density at radius 2 is 1.81 bits per heavy atom. The predicted octanol–water partition coefficient (Wildman–Crippen LogP) is 5.04. The number of hydrogen-bond donors (Lipinski definition) is 2. The standard InChI is InChI=1S/C20H15FN4OS/c1-12(13-4-8-16(26)9-5-13)24-25-19-18-17(10-27-20(18)23-11-22-19)14-2-6-15(21)7-3-14/h2-11,26H,1H3,(H,22,23,25)/b24-12+. The number of phenolic OH excluding ortho intramolecular Hbond substituents is 1. The summed E-state index contributed by atoms with van der Waals surface area (Å²) >= 11 is 1.50. The molecule has 0 atom stereocenters. The number of anilines is 1. The van der Waals surface area contributed by atoms with Crippen molar-refractivity contribution in [2.24, 2.45) is 5.10 Å². The van der Waals surface area contributed by atoms with Gasteiger partial charge in [-0.25, -0.2) is 14.4 Å². The van der Waals surface area contributed by atoms with Crippen LogP contribution in [-0.2, 0) is 0 Å². The fourth-order valence-corrected chi connectivity index (χ4v) is 3.62.